The molecule has 0 unspecified atom stereocenters. The van der Waals surface area contributed by atoms with Crippen molar-refractivity contribution in [3.05, 3.63) is 63.9 Å². The zero-order valence-electron chi connectivity index (χ0n) is 22.1. The highest BCUT2D eigenvalue weighted by Crippen LogP contribution is 2.23. The number of thioether (sulfide) groups is 1. The molecular weight excluding hydrogens is 516 g/mol. The van der Waals surface area contributed by atoms with Crippen molar-refractivity contribution in [3.8, 4) is 0 Å². The fraction of sp³-hybridized carbons (Fsp3) is 0.448. The third kappa shape index (κ3) is 6.69. The molecule has 2 N–H and O–H groups in total. The van der Waals surface area contributed by atoms with E-state index < -0.39 is 0 Å². The van der Waals surface area contributed by atoms with E-state index in [0.717, 1.165) is 50.0 Å². The van der Waals surface area contributed by atoms with E-state index >= 15 is 0 Å². The number of hydrogen-bond donors (Lipinski definition) is 2. The van der Waals surface area contributed by atoms with E-state index in [-0.39, 0.29) is 35.3 Å². The molecular formula is C29H34N4O5S. The van der Waals surface area contributed by atoms with E-state index in [1.807, 2.05) is 31.2 Å². The first-order valence-corrected chi connectivity index (χ1v) is 14.6. The van der Waals surface area contributed by atoms with Gasteiger partial charge in [-0.15, -0.1) is 0 Å². The van der Waals surface area contributed by atoms with Crippen molar-refractivity contribution in [2.24, 2.45) is 0 Å². The SMILES string of the molecule is CCc1ccccc1NC(=O)CSc1nc2cc(C(=O)NC[C@@H]3CCCO3)ccc2c(=O)n1C[C@H]1CCCO1. The van der Waals surface area contributed by atoms with Crippen LogP contribution in [0.3, 0.4) is 0 Å². The molecule has 3 heterocycles. The van der Waals surface area contributed by atoms with Gasteiger partial charge in [-0.05, 0) is 61.9 Å². The van der Waals surface area contributed by atoms with Crippen LogP contribution in [0.4, 0.5) is 5.69 Å². The maximum atomic E-state index is 13.6. The van der Waals surface area contributed by atoms with Crippen LogP contribution in [0.15, 0.2) is 52.4 Å². The second-order valence-electron chi connectivity index (χ2n) is 9.87. The van der Waals surface area contributed by atoms with Crippen molar-refractivity contribution in [1.82, 2.24) is 14.9 Å². The average Bonchev–Trinajstić information content (AvgIpc) is 3.67. The highest BCUT2D eigenvalue weighted by molar-refractivity contribution is 7.99. The number of aryl methyl sites for hydroxylation is 1. The number of ether oxygens (including phenoxy) is 2. The number of amides is 2. The third-order valence-electron chi connectivity index (χ3n) is 7.11. The number of anilines is 1. The van der Waals surface area contributed by atoms with Gasteiger partial charge in [0.05, 0.1) is 35.4 Å². The summed E-state index contributed by atoms with van der Waals surface area (Å²) in [6.45, 7) is 4.26. The number of fused-ring (bicyclic) bond motifs is 1. The van der Waals surface area contributed by atoms with Gasteiger partial charge in [-0.2, -0.15) is 0 Å². The van der Waals surface area contributed by atoms with E-state index in [1.165, 1.54) is 11.8 Å². The first-order valence-electron chi connectivity index (χ1n) is 13.6. The van der Waals surface area contributed by atoms with Gasteiger partial charge in [0.25, 0.3) is 11.5 Å². The third-order valence-corrected chi connectivity index (χ3v) is 8.09. The van der Waals surface area contributed by atoms with Crippen LogP contribution in [0.5, 0.6) is 0 Å². The lowest BCUT2D eigenvalue weighted by Crippen LogP contribution is -2.32. The summed E-state index contributed by atoms with van der Waals surface area (Å²) >= 11 is 1.21. The number of aromatic nitrogens is 2. The number of nitrogens with zero attached hydrogens (tertiary/aromatic N) is 2. The zero-order chi connectivity index (χ0) is 27.2. The summed E-state index contributed by atoms with van der Waals surface area (Å²) < 4.78 is 13.0. The number of carbonyl (C=O) groups excluding carboxylic acids is 2. The minimum atomic E-state index is -0.235. The molecule has 10 heteroatoms. The number of hydrogen-bond acceptors (Lipinski definition) is 7. The predicted octanol–water partition coefficient (Wildman–Crippen LogP) is 3.78. The van der Waals surface area contributed by atoms with Crippen LogP contribution >= 0.6 is 11.8 Å². The first kappa shape index (κ1) is 27.4. The van der Waals surface area contributed by atoms with Crippen molar-refractivity contribution < 1.29 is 19.1 Å². The lowest BCUT2D eigenvalue weighted by molar-refractivity contribution is -0.113. The second-order valence-corrected chi connectivity index (χ2v) is 10.8. The fourth-order valence-corrected chi connectivity index (χ4v) is 5.79. The van der Waals surface area contributed by atoms with Gasteiger partial charge in [-0.25, -0.2) is 4.98 Å². The molecule has 2 fully saturated rings. The van der Waals surface area contributed by atoms with Gasteiger partial charge in [-0.3, -0.25) is 19.0 Å². The van der Waals surface area contributed by atoms with Crippen LogP contribution in [0, 0.1) is 0 Å². The fourth-order valence-electron chi connectivity index (χ4n) is 4.99. The Labute approximate surface area is 231 Å². The molecule has 3 aromatic rings. The molecule has 2 aromatic carbocycles. The van der Waals surface area contributed by atoms with Crippen molar-refractivity contribution in [2.45, 2.75) is 62.9 Å². The van der Waals surface area contributed by atoms with Gasteiger partial charge in [-0.1, -0.05) is 36.9 Å². The van der Waals surface area contributed by atoms with Gasteiger partial charge >= 0.3 is 0 Å². The van der Waals surface area contributed by atoms with Crippen LogP contribution in [0.2, 0.25) is 0 Å². The smallest absolute Gasteiger partial charge is 0.262 e. The molecule has 0 spiro atoms. The highest BCUT2D eigenvalue weighted by Gasteiger charge is 2.22. The molecule has 1 aromatic heterocycles. The normalized spacial score (nSPS) is 18.9. The van der Waals surface area contributed by atoms with Crippen LogP contribution in [0.1, 0.15) is 48.5 Å². The van der Waals surface area contributed by atoms with Crippen molar-refractivity contribution in [2.75, 3.05) is 30.8 Å². The molecule has 2 atom stereocenters. The molecule has 2 saturated heterocycles. The predicted molar refractivity (Wildman–Crippen MR) is 151 cm³/mol. The van der Waals surface area contributed by atoms with E-state index in [2.05, 4.69) is 10.6 Å². The van der Waals surface area contributed by atoms with Crippen molar-refractivity contribution in [3.63, 3.8) is 0 Å². The number of nitrogens with one attached hydrogen (secondary N) is 2. The molecule has 2 amide bonds. The van der Waals surface area contributed by atoms with Crippen LogP contribution < -0.4 is 16.2 Å². The number of rotatable bonds is 10. The Bertz CT molecular complexity index is 1400. The molecule has 0 radical (unpaired) electrons. The summed E-state index contributed by atoms with van der Waals surface area (Å²) in [6, 6.07) is 12.7. The monoisotopic (exact) mass is 550 g/mol. The van der Waals surface area contributed by atoms with Crippen LogP contribution in [-0.4, -0.2) is 59.1 Å². The molecule has 5 rings (SSSR count). The van der Waals surface area contributed by atoms with Crippen LogP contribution in [-0.2, 0) is 27.2 Å². The molecule has 0 bridgehead atoms. The van der Waals surface area contributed by atoms with Gasteiger partial charge < -0.3 is 20.1 Å². The highest BCUT2D eigenvalue weighted by atomic mass is 32.2. The Hall–Kier alpha value is -3.21. The summed E-state index contributed by atoms with van der Waals surface area (Å²) in [5.74, 6) is -0.328. The summed E-state index contributed by atoms with van der Waals surface area (Å²) in [4.78, 5) is 44.0. The minimum Gasteiger partial charge on any atom is -0.376 e. The Balaban J connectivity index is 1.37. The maximum absolute atomic E-state index is 13.6. The molecule has 9 nitrogen and oxygen atoms in total. The van der Waals surface area contributed by atoms with Gasteiger partial charge in [0.2, 0.25) is 5.91 Å². The minimum absolute atomic E-state index is 0.0379. The standard InChI is InChI=1S/C29H34N4O5S/c1-2-19-7-3-4-10-24(19)31-26(34)18-39-29-32-25-15-20(27(35)30-16-21-8-5-13-37-21)11-12-23(25)28(36)33(29)17-22-9-6-14-38-22/h3-4,7,10-12,15,21-22H,2,5-6,8-9,13-14,16-18H2,1H3,(H,30,35)(H,31,34)/t21-,22+/m0/s1. The Morgan fingerprint density at radius 2 is 1.85 bits per heavy atom. The Kier molecular flexibility index (Phi) is 8.95. The lowest BCUT2D eigenvalue weighted by Gasteiger charge is -2.17. The maximum Gasteiger partial charge on any atom is 0.262 e. The Morgan fingerprint density at radius 1 is 1.08 bits per heavy atom. The van der Waals surface area contributed by atoms with Crippen molar-refractivity contribution in [1.29, 1.82) is 0 Å². The van der Waals surface area contributed by atoms with E-state index in [0.29, 0.717) is 41.3 Å². The molecule has 0 saturated carbocycles. The van der Waals surface area contributed by atoms with E-state index in [1.54, 1.807) is 22.8 Å². The molecule has 39 heavy (non-hydrogen) atoms. The molecule has 2 aliphatic rings. The zero-order valence-corrected chi connectivity index (χ0v) is 22.9. The summed E-state index contributed by atoms with van der Waals surface area (Å²) in [6.07, 6.45) is 4.52. The lowest BCUT2D eigenvalue weighted by atomic mass is 10.1. The molecule has 0 aliphatic carbocycles. The first-order chi connectivity index (χ1) is 19.0. The van der Waals surface area contributed by atoms with Gasteiger partial charge in [0.15, 0.2) is 5.16 Å². The number of para-hydroxylation sites is 1. The summed E-state index contributed by atoms with van der Waals surface area (Å²) in [5, 5.41) is 6.75. The quantitative estimate of drug-likeness (QED) is 0.292. The topological polar surface area (TPSA) is 112 Å². The van der Waals surface area contributed by atoms with Crippen LogP contribution in [0.25, 0.3) is 10.9 Å². The summed E-state index contributed by atoms with van der Waals surface area (Å²) in [7, 11) is 0. The summed E-state index contributed by atoms with van der Waals surface area (Å²) in [5.41, 5.74) is 2.48. The molecule has 206 valence electrons. The van der Waals surface area contributed by atoms with E-state index in [9.17, 15) is 14.4 Å². The van der Waals surface area contributed by atoms with Crippen molar-refractivity contribution >= 4 is 40.2 Å². The average molecular weight is 551 g/mol. The molecule has 2 aliphatic heterocycles. The van der Waals surface area contributed by atoms with E-state index in [4.69, 9.17) is 14.5 Å². The largest absolute Gasteiger partial charge is 0.376 e. The second kappa shape index (κ2) is 12.8. The Morgan fingerprint density at radius 3 is 2.59 bits per heavy atom. The van der Waals surface area contributed by atoms with Gasteiger partial charge in [0, 0.05) is 31.0 Å². The van der Waals surface area contributed by atoms with Gasteiger partial charge in [0.1, 0.15) is 0 Å². The number of benzene rings is 2. The number of carbonyl (C=O) groups is 2.